The van der Waals surface area contributed by atoms with Gasteiger partial charge in [0.2, 0.25) is 0 Å². The highest BCUT2D eigenvalue weighted by atomic mass is 16.5. The summed E-state index contributed by atoms with van der Waals surface area (Å²) in [4.78, 5) is 11.1. The Labute approximate surface area is 95.0 Å². The van der Waals surface area contributed by atoms with Crippen LogP contribution in [0.1, 0.15) is 24.0 Å². The lowest BCUT2D eigenvalue weighted by Gasteiger charge is -2.11. The maximum Gasteiger partial charge on any atom is 0.309 e. The van der Waals surface area contributed by atoms with Gasteiger partial charge in [0.05, 0.1) is 12.5 Å². The molecule has 2 rings (SSSR count). The minimum atomic E-state index is -0.674. The summed E-state index contributed by atoms with van der Waals surface area (Å²) in [7, 11) is 1.64. The van der Waals surface area contributed by atoms with Crippen LogP contribution in [-0.2, 0) is 11.2 Å². The van der Waals surface area contributed by atoms with Crippen molar-refractivity contribution in [1.29, 1.82) is 0 Å². The van der Waals surface area contributed by atoms with Gasteiger partial charge in [0, 0.05) is 0 Å². The van der Waals surface area contributed by atoms with E-state index in [1.54, 1.807) is 7.11 Å². The third kappa shape index (κ3) is 1.90. The van der Waals surface area contributed by atoms with Crippen LogP contribution in [0.3, 0.4) is 0 Å². The Morgan fingerprint density at radius 3 is 2.69 bits per heavy atom. The Morgan fingerprint density at radius 2 is 2.19 bits per heavy atom. The quantitative estimate of drug-likeness (QED) is 0.847. The van der Waals surface area contributed by atoms with Crippen molar-refractivity contribution in [3.8, 4) is 5.75 Å². The van der Waals surface area contributed by atoms with Gasteiger partial charge in [0.25, 0.3) is 0 Å². The summed E-state index contributed by atoms with van der Waals surface area (Å²) >= 11 is 0. The fourth-order valence-corrected chi connectivity index (χ4v) is 1.98. The Kier molecular flexibility index (Phi) is 2.62. The van der Waals surface area contributed by atoms with Crippen molar-refractivity contribution >= 4 is 5.97 Å². The Hall–Kier alpha value is -1.51. The summed E-state index contributed by atoms with van der Waals surface area (Å²) in [6.45, 7) is 1.98. The molecule has 0 unspecified atom stereocenters. The summed E-state index contributed by atoms with van der Waals surface area (Å²) in [6.07, 6.45) is 2.19. The van der Waals surface area contributed by atoms with Gasteiger partial charge in [-0.2, -0.15) is 0 Å². The number of benzene rings is 1. The van der Waals surface area contributed by atoms with Crippen LogP contribution in [0.5, 0.6) is 5.75 Å². The van der Waals surface area contributed by atoms with Gasteiger partial charge < -0.3 is 9.84 Å². The van der Waals surface area contributed by atoms with Gasteiger partial charge in [0.1, 0.15) is 5.75 Å². The number of aryl methyl sites for hydroxylation is 1. The second-order valence-electron chi connectivity index (χ2n) is 4.57. The van der Waals surface area contributed by atoms with E-state index in [4.69, 9.17) is 9.84 Å². The highest BCUT2D eigenvalue weighted by Gasteiger charge is 2.49. The van der Waals surface area contributed by atoms with E-state index in [9.17, 15) is 4.79 Å². The topological polar surface area (TPSA) is 46.5 Å². The molecule has 1 fully saturated rings. The summed E-state index contributed by atoms with van der Waals surface area (Å²) < 4.78 is 5.23. The van der Waals surface area contributed by atoms with Crippen molar-refractivity contribution < 1.29 is 14.6 Å². The molecule has 1 saturated carbocycles. The summed E-state index contributed by atoms with van der Waals surface area (Å²) in [5.74, 6) is 0.158. The van der Waals surface area contributed by atoms with E-state index in [1.165, 1.54) is 0 Å². The first kappa shape index (κ1) is 11.0. The number of hydrogen-bond acceptors (Lipinski definition) is 2. The molecule has 0 heterocycles. The third-order valence-electron chi connectivity index (χ3n) is 3.32. The molecule has 1 aliphatic carbocycles. The number of hydrogen-bond donors (Lipinski definition) is 1. The number of carbonyl (C=O) groups is 1. The summed E-state index contributed by atoms with van der Waals surface area (Å²) in [5.41, 5.74) is 1.62. The first-order valence-corrected chi connectivity index (χ1v) is 5.44. The fourth-order valence-electron chi connectivity index (χ4n) is 1.98. The van der Waals surface area contributed by atoms with Crippen molar-refractivity contribution in [3.63, 3.8) is 0 Å². The Bertz CT molecular complexity index is 419. The average Bonchev–Trinajstić information content (AvgIpc) is 3.02. The Balaban J connectivity index is 2.19. The molecule has 1 aromatic rings. The van der Waals surface area contributed by atoms with Crippen LogP contribution in [0.25, 0.3) is 0 Å². The van der Waals surface area contributed by atoms with Crippen LogP contribution >= 0.6 is 0 Å². The van der Waals surface area contributed by atoms with E-state index in [-0.39, 0.29) is 0 Å². The van der Waals surface area contributed by atoms with Crippen molar-refractivity contribution in [2.75, 3.05) is 7.11 Å². The fraction of sp³-hybridized carbons (Fsp3) is 0.462. The maximum atomic E-state index is 11.1. The number of methoxy groups -OCH3 is 1. The number of ether oxygens (including phenoxy) is 1. The number of carboxylic acids is 1. The van der Waals surface area contributed by atoms with Crippen LogP contribution in [0.2, 0.25) is 0 Å². The van der Waals surface area contributed by atoms with Crippen LogP contribution < -0.4 is 4.74 Å². The molecule has 0 spiro atoms. The molecule has 1 aliphatic rings. The van der Waals surface area contributed by atoms with E-state index >= 15 is 0 Å². The zero-order chi connectivity index (χ0) is 11.8. The molecule has 0 aliphatic heterocycles. The molecular weight excluding hydrogens is 204 g/mol. The van der Waals surface area contributed by atoms with Gasteiger partial charge in [-0.15, -0.1) is 0 Å². The highest BCUT2D eigenvalue weighted by molar-refractivity contribution is 5.78. The van der Waals surface area contributed by atoms with Gasteiger partial charge in [-0.3, -0.25) is 4.79 Å². The van der Waals surface area contributed by atoms with E-state index in [1.807, 2.05) is 25.1 Å². The second-order valence-corrected chi connectivity index (χ2v) is 4.57. The van der Waals surface area contributed by atoms with Gasteiger partial charge >= 0.3 is 5.97 Å². The minimum Gasteiger partial charge on any atom is -0.496 e. The molecule has 86 valence electrons. The van der Waals surface area contributed by atoms with Gasteiger partial charge in [0.15, 0.2) is 0 Å². The van der Waals surface area contributed by atoms with Crippen LogP contribution in [0.15, 0.2) is 18.2 Å². The largest absolute Gasteiger partial charge is 0.496 e. The molecule has 16 heavy (non-hydrogen) atoms. The Morgan fingerprint density at radius 1 is 1.50 bits per heavy atom. The SMILES string of the molecule is COc1cc(CC2(C(=O)O)CC2)ccc1C. The summed E-state index contributed by atoms with van der Waals surface area (Å²) in [6, 6.07) is 5.91. The zero-order valence-electron chi connectivity index (χ0n) is 9.62. The molecule has 3 nitrogen and oxygen atoms in total. The number of carboxylic acid groups (broad SMARTS) is 1. The second kappa shape index (κ2) is 3.81. The normalized spacial score (nSPS) is 16.9. The van der Waals surface area contributed by atoms with E-state index < -0.39 is 11.4 Å². The average molecular weight is 220 g/mol. The van der Waals surface area contributed by atoms with Gasteiger partial charge in [-0.05, 0) is 43.4 Å². The zero-order valence-corrected chi connectivity index (χ0v) is 9.62. The lowest BCUT2D eigenvalue weighted by atomic mass is 9.96. The maximum absolute atomic E-state index is 11.1. The summed E-state index contributed by atoms with van der Waals surface area (Å²) in [5, 5.41) is 9.11. The van der Waals surface area contributed by atoms with Crippen molar-refractivity contribution in [2.45, 2.75) is 26.2 Å². The lowest BCUT2D eigenvalue weighted by molar-refractivity contribution is -0.143. The minimum absolute atomic E-state index is 0.500. The van der Waals surface area contributed by atoms with Crippen molar-refractivity contribution in [3.05, 3.63) is 29.3 Å². The number of rotatable bonds is 4. The molecule has 0 aromatic heterocycles. The smallest absolute Gasteiger partial charge is 0.309 e. The van der Waals surface area contributed by atoms with Gasteiger partial charge in [-0.25, -0.2) is 0 Å². The predicted molar refractivity (Wildman–Crippen MR) is 60.7 cm³/mol. The third-order valence-corrected chi connectivity index (χ3v) is 3.32. The first-order valence-electron chi connectivity index (χ1n) is 5.44. The van der Waals surface area contributed by atoms with E-state index in [0.29, 0.717) is 6.42 Å². The highest BCUT2D eigenvalue weighted by Crippen LogP contribution is 2.48. The lowest BCUT2D eigenvalue weighted by Crippen LogP contribution is -2.17. The molecule has 0 atom stereocenters. The van der Waals surface area contributed by atoms with E-state index in [2.05, 4.69) is 0 Å². The first-order chi connectivity index (χ1) is 7.57. The predicted octanol–water partition coefficient (Wildman–Crippen LogP) is 2.41. The van der Waals surface area contributed by atoms with Crippen LogP contribution in [0, 0.1) is 12.3 Å². The van der Waals surface area contributed by atoms with Crippen LogP contribution in [0.4, 0.5) is 0 Å². The molecule has 0 amide bonds. The monoisotopic (exact) mass is 220 g/mol. The molecule has 1 N–H and O–H groups in total. The molecular formula is C13H16O3. The van der Waals surface area contributed by atoms with Crippen LogP contribution in [-0.4, -0.2) is 18.2 Å². The molecule has 0 saturated heterocycles. The van der Waals surface area contributed by atoms with Crippen molar-refractivity contribution in [2.24, 2.45) is 5.41 Å². The van der Waals surface area contributed by atoms with Crippen molar-refractivity contribution in [1.82, 2.24) is 0 Å². The van der Waals surface area contributed by atoms with E-state index in [0.717, 1.165) is 29.7 Å². The molecule has 0 bridgehead atoms. The molecule has 3 heteroatoms. The molecule has 1 aromatic carbocycles. The molecule has 0 radical (unpaired) electrons. The standard InChI is InChI=1S/C13H16O3/c1-9-3-4-10(7-11(9)16-2)8-13(5-6-13)12(14)15/h3-4,7H,5-6,8H2,1-2H3,(H,14,15). The van der Waals surface area contributed by atoms with Gasteiger partial charge in [-0.1, -0.05) is 12.1 Å². The number of aliphatic carboxylic acids is 1.